The molecule has 0 heterocycles. The molecule has 0 fully saturated rings. The number of methoxy groups -OCH3 is 5. The number of hydrogen-bond acceptors (Lipinski definition) is 28. The predicted molar refractivity (Wildman–Crippen MR) is 461 cm³/mol. The molecule has 6 atom stereocenters. The number of thiocarbonyl (C=S) groups is 1. The number of esters is 9. The number of rotatable bonds is 45. The van der Waals surface area contributed by atoms with Crippen molar-refractivity contribution in [2.75, 3.05) is 99.9 Å². The number of hydrogen-bond donors (Lipinski definition) is 0. The van der Waals surface area contributed by atoms with Gasteiger partial charge in [-0.2, -0.15) is 0 Å². The Labute approximate surface area is 802 Å². The standard InChI is InChI=1S/C33H60O12S.C16H14O2S2.C12H22O2.C7H12O5S.C7H12O3.C5H8O2.3C2H4.2K/c1-11-14-16-25(12-2)21-45-29(37)32(7,22-30(4,5)26(34)43-17-15-20-46(38,39)40)24-33(8,28(36)44-19-18-41-9)23-31(6,13-3)27(35)42-10;1-18-15(17)14(12-8-4-2-5-9-12)20-16(19)13-10-6-3-7-11-13;1-5-7-8-11(6-2)9-14-12(13)10(3)4;1-6(2)7(8)12-4-3-5-13(9,10)11;1-6(2)7(8)10-5-4-9-3;1-4(2)5(6)7-3;3*1-2;;/h25H,11-24H2,1-10H3,(H,38,39,40);2-11,14H,1H3;11H,3,5-9H2,1-2,4H3;1,3-5H2,2H3,(H,9,10,11);1,4-5H2,2-3H3;1H2,2-3H3;3*1-2H2;;/q;;;;;;;;;2*+1/p-2. The smallest absolute Gasteiger partial charge is 0.748 e. The van der Waals surface area contributed by atoms with Gasteiger partial charge in [0.15, 0.2) is 0 Å². The molecule has 0 aromatic heterocycles. The fourth-order valence-corrected chi connectivity index (χ4v) is 12.4. The van der Waals surface area contributed by atoms with E-state index in [9.17, 15) is 69.1 Å². The Kier molecular flexibility index (Phi) is 85.9. The third kappa shape index (κ3) is 66.9. The molecule has 118 heavy (non-hydrogen) atoms. The first-order valence-corrected chi connectivity index (χ1v) is 42.2. The number of unbranched alkanes of at least 4 members (excludes halogenated alkanes) is 2. The van der Waals surface area contributed by atoms with E-state index < -0.39 is 88.5 Å². The molecule has 26 nitrogen and oxygen atoms in total. The van der Waals surface area contributed by atoms with Gasteiger partial charge in [0.05, 0.1) is 107 Å². The summed E-state index contributed by atoms with van der Waals surface area (Å²) < 4.78 is 119. The van der Waals surface area contributed by atoms with E-state index in [0.717, 1.165) is 49.7 Å². The van der Waals surface area contributed by atoms with E-state index in [4.69, 9.17) is 45.4 Å². The normalized spacial score (nSPS) is 12.4. The van der Waals surface area contributed by atoms with Crippen molar-refractivity contribution in [1.82, 2.24) is 0 Å². The first-order valence-electron chi connectivity index (χ1n) is 37.8. The molecule has 664 valence electrons. The zero-order valence-electron chi connectivity index (χ0n) is 74.8. The van der Waals surface area contributed by atoms with Crippen molar-refractivity contribution < 1.29 is 224 Å². The first kappa shape index (κ1) is 131. The fourth-order valence-electron chi connectivity index (χ4n) is 10.0. The van der Waals surface area contributed by atoms with Crippen LogP contribution in [0.1, 0.15) is 203 Å². The van der Waals surface area contributed by atoms with E-state index in [1.54, 1.807) is 69.4 Å². The third-order valence-corrected chi connectivity index (χ3v) is 19.5. The van der Waals surface area contributed by atoms with Crippen LogP contribution in [0.25, 0.3) is 0 Å². The Balaban J connectivity index is -0.000000193. The van der Waals surface area contributed by atoms with Gasteiger partial charge in [0, 0.05) is 48.0 Å². The summed E-state index contributed by atoms with van der Waals surface area (Å²) >= 11 is 6.76. The van der Waals surface area contributed by atoms with E-state index in [2.05, 4.69) is 106 Å². The first-order chi connectivity index (χ1) is 54.2. The van der Waals surface area contributed by atoms with Crippen LogP contribution in [0, 0.1) is 33.5 Å². The minimum atomic E-state index is -4.47. The number of thioether (sulfide) groups is 1. The van der Waals surface area contributed by atoms with E-state index in [1.807, 2.05) is 67.6 Å². The number of carbonyl (C=O) groups excluding carboxylic acids is 9. The van der Waals surface area contributed by atoms with Gasteiger partial charge in [0.1, 0.15) is 18.5 Å². The monoisotopic (exact) mass is 1790 g/mol. The Morgan fingerprint density at radius 1 is 0.441 bits per heavy atom. The molecule has 0 aliphatic rings. The minimum absolute atomic E-state index is 0. The Morgan fingerprint density at radius 3 is 1.15 bits per heavy atom. The van der Waals surface area contributed by atoms with E-state index in [-0.39, 0.29) is 203 Å². The van der Waals surface area contributed by atoms with Crippen molar-refractivity contribution in [2.45, 2.75) is 192 Å². The SMILES string of the molecule is C=C.C=C.C=C.C=C(C)C(=O)OC.C=C(C)C(=O)OCC(CC)CCCC.C=C(C)C(=O)OCCCS(=O)(=O)[O-].C=C(C)C(=O)OCCOC.CCCCC(CC)COC(=O)C(C)(CC(C)(C)C(=O)OCCCS(=O)(=O)[O-])CC(C)(CC(C)(CC)C(=O)OC)C(=O)OCCOC.COC(=O)C(SC(=S)c1ccccc1)c1ccccc1.[K+].[K+]. The molecule has 2 aromatic carbocycles. The van der Waals surface area contributed by atoms with Crippen LogP contribution >= 0.6 is 24.0 Å². The minimum Gasteiger partial charge on any atom is -0.748 e. The zero-order chi connectivity index (χ0) is 91.5. The molecular weight excluding hydrogens is 1660 g/mol. The molecule has 32 heteroatoms. The molecule has 0 radical (unpaired) electrons. The molecule has 0 bridgehead atoms. The quantitative estimate of drug-likeness (QED) is 0.00869. The van der Waals surface area contributed by atoms with Crippen molar-refractivity contribution in [3.8, 4) is 0 Å². The summed E-state index contributed by atoms with van der Waals surface area (Å²) in [4.78, 5) is 109. The molecule has 0 spiro atoms. The Bertz CT molecular complexity index is 3440. The second-order valence-corrected chi connectivity index (χ2v) is 32.3. The molecule has 2 aromatic rings. The van der Waals surface area contributed by atoms with E-state index in [0.29, 0.717) is 53.1 Å². The topological polar surface area (TPSA) is 370 Å². The van der Waals surface area contributed by atoms with Crippen LogP contribution in [-0.2, 0) is 115 Å². The molecule has 0 saturated heterocycles. The van der Waals surface area contributed by atoms with Crippen molar-refractivity contribution >= 4 is 102 Å². The van der Waals surface area contributed by atoms with Crippen LogP contribution in [0.2, 0.25) is 0 Å². The van der Waals surface area contributed by atoms with Crippen LogP contribution in [0.3, 0.4) is 0 Å². The molecule has 2 rings (SSSR count). The number of ether oxygens (including phenoxy) is 11. The fraction of sp³-hybridized carbons (Fsp3) is 0.581. The summed E-state index contributed by atoms with van der Waals surface area (Å²) in [6, 6.07) is 19.2. The molecule has 6 unspecified atom stereocenters. The van der Waals surface area contributed by atoms with Gasteiger partial charge in [-0.3, -0.25) is 24.0 Å². The van der Waals surface area contributed by atoms with Crippen LogP contribution in [0.4, 0.5) is 0 Å². The van der Waals surface area contributed by atoms with E-state index >= 15 is 0 Å². The van der Waals surface area contributed by atoms with Gasteiger partial charge in [0.2, 0.25) is 0 Å². The predicted octanol–water partition coefficient (Wildman–Crippen LogP) is 10.5. The maximum Gasteiger partial charge on any atom is 1.00 e. The van der Waals surface area contributed by atoms with Gasteiger partial charge in [-0.05, 0) is 137 Å². The van der Waals surface area contributed by atoms with Gasteiger partial charge in [0.25, 0.3) is 0 Å². The zero-order valence-corrected chi connectivity index (χ0v) is 84.3. The van der Waals surface area contributed by atoms with Gasteiger partial charge in [-0.15, -0.1) is 39.5 Å². The van der Waals surface area contributed by atoms with Crippen LogP contribution < -0.4 is 103 Å². The maximum absolute atomic E-state index is 14.1. The van der Waals surface area contributed by atoms with Gasteiger partial charge in [-0.25, -0.2) is 36.0 Å². The molecule has 0 amide bonds. The van der Waals surface area contributed by atoms with Gasteiger partial charge in [-0.1, -0.05) is 184 Å². The summed E-state index contributed by atoms with van der Waals surface area (Å²) in [5.74, 6) is -4.86. The molecular formula is C86H138K2O26S4. The van der Waals surface area contributed by atoms with Crippen LogP contribution in [0.5, 0.6) is 0 Å². The summed E-state index contributed by atoms with van der Waals surface area (Å²) in [5.41, 5.74) is -1.84. The van der Waals surface area contributed by atoms with Gasteiger partial charge < -0.3 is 61.2 Å². The van der Waals surface area contributed by atoms with Gasteiger partial charge >= 0.3 is 156 Å². The largest absolute Gasteiger partial charge is 1.00 e. The summed E-state index contributed by atoms with van der Waals surface area (Å²) in [5, 5.41) is -0.436. The van der Waals surface area contributed by atoms with Crippen molar-refractivity contribution in [3.63, 3.8) is 0 Å². The third-order valence-electron chi connectivity index (χ3n) is 16.3. The summed E-state index contributed by atoms with van der Waals surface area (Å²) in [7, 11) is -1.66. The average Bonchev–Trinajstić information content (AvgIpc) is 0.769. The average molecular weight is 1790 g/mol. The summed E-state index contributed by atoms with van der Waals surface area (Å²) in [6.07, 6.45) is 8.24. The Hall–Kier alpha value is -4.70. The second-order valence-electron chi connectivity index (χ2n) is 27.4. The van der Waals surface area contributed by atoms with Crippen LogP contribution in [-0.4, -0.2) is 184 Å². The number of benzene rings is 2. The number of carbonyl (C=O) groups is 9. The molecule has 0 saturated carbocycles. The summed E-state index contributed by atoms with van der Waals surface area (Å²) in [6.45, 7) is 57.5. The maximum atomic E-state index is 14.1. The van der Waals surface area contributed by atoms with Crippen molar-refractivity contribution in [2.24, 2.45) is 33.5 Å². The van der Waals surface area contributed by atoms with Crippen LogP contribution in [0.15, 0.2) is 149 Å². The van der Waals surface area contributed by atoms with E-state index in [1.165, 1.54) is 60.0 Å². The van der Waals surface area contributed by atoms with Crippen molar-refractivity contribution in [1.29, 1.82) is 0 Å². The second kappa shape index (κ2) is 77.1. The molecule has 0 aliphatic heterocycles. The molecule has 0 aliphatic carbocycles. The molecule has 0 N–H and O–H groups in total. The van der Waals surface area contributed by atoms with Crippen molar-refractivity contribution in [3.05, 3.63) is 160 Å². The Morgan fingerprint density at radius 2 is 0.797 bits per heavy atom.